The molecule has 0 spiro atoms. The average Bonchev–Trinajstić information content (AvgIpc) is 2.64. The Kier molecular flexibility index (Phi) is 2.82. The zero-order valence-corrected chi connectivity index (χ0v) is 10.1. The molecule has 1 aromatic carbocycles. The highest BCUT2D eigenvalue weighted by Crippen LogP contribution is 2.23. The van der Waals surface area contributed by atoms with Gasteiger partial charge in [0.1, 0.15) is 0 Å². The van der Waals surface area contributed by atoms with E-state index in [0.717, 1.165) is 6.54 Å². The molecule has 2 nitrogen and oxygen atoms in total. The number of hydrogen-bond acceptors (Lipinski definition) is 1. The van der Waals surface area contributed by atoms with Gasteiger partial charge in [-0.15, -0.1) is 0 Å². The fraction of sp³-hybridized carbons (Fsp3) is 0.357. The smallest absolute Gasteiger partial charge is 0.0951 e. The van der Waals surface area contributed by atoms with Crippen LogP contribution < -0.4 is 0 Å². The van der Waals surface area contributed by atoms with Crippen molar-refractivity contribution in [3.8, 4) is 11.3 Å². The molecule has 16 heavy (non-hydrogen) atoms. The standard InChI is InChI=1S/C14H18N2/c1-14(2,3)10-16-11-15-9-13(16)12-7-5-4-6-8-12/h4-9,11H,10H2,1-3H3. The van der Waals surface area contributed by atoms with Crippen LogP contribution in [0.2, 0.25) is 0 Å². The van der Waals surface area contributed by atoms with Gasteiger partial charge in [0.25, 0.3) is 0 Å². The molecule has 0 bridgehead atoms. The molecule has 0 aliphatic carbocycles. The van der Waals surface area contributed by atoms with E-state index in [1.165, 1.54) is 11.3 Å². The van der Waals surface area contributed by atoms with E-state index in [1.807, 2.05) is 18.6 Å². The number of benzene rings is 1. The monoisotopic (exact) mass is 214 g/mol. The van der Waals surface area contributed by atoms with Gasteiger partial charge >= 0.3 is 0 Å². The van der Waals surface area contributed by atoms with Crippen molar-refractivity contribution < 1.29 is 0 Å². The third-order valence-corrected chi connectivity index (χ3v) is 2.43. The van der Waals surface area contributed by atoms with Gasteiger partial charge in [-0.25, -0.2) is 4.98 Å². The first-order valence-electron chi connectivity index (χ1n) is 5.62. The number of hydrogen-bond donors (Lipinski definition) is 0. The zero-order valence-electron chi connectivity index (χ0n) is 10.1. The number of aromatic nitrogens is 2. The lowest BCUT2D eigenvalue weighted by Gasteiger charge is -2.20. The van der Waals surface area contributed by atoms with Crippen molar-refractivity contribution in [1.82, 2.24) is 9.55 Å². The maximum atomic E-state index is 4.25. The van der Waals surface area contributed by atoms with Crippen LogP contribution in [0.15, 0.2) is 42.9 Å². The Morgan fingerprint density at radius 1 is 1.12 bits per heavy atom. The van der Waals surface area contributed by atoms with Gasteiger partial charge in [-0.3, -0.25) is 0 Å². The van der Waals surface area contributed by atoms with Crippen LogP contribution in [-0.4, -0.2) is 9.55 Å². The first kappa shape index (κ1) is 10.9. The first-order valence-corrected chi connectivity index (χ1v) is 5.62. The molecule has 2 rings (SSSR count). The molecule has 0 atom stereocenters. The summed E-state index contributed by atoms with van der Waals surface area (Å²) >= 11 is 0. The van der Waals surface area contributed by atoms with E-state index >= 15 is 0 Å². The van der Waals surface area contributed by atoms with Crippen LogP contribution in [0.25, 0.3) is 11.3 Å². The van der Waals surface area contributed by atoms with Crippen LogP contribution in [0, 0.1) is 5.41 Å². The fourth-order valence-corrected chi connectivity index (χ4v) is 1.81. The quantitative estimate of drug-likeness (QED) is 0.747. The lowest BCUT2D eigenvalue weighted by Crippen LogP contribution is -2.15. The Bertz CT molecular complexity index is 449. The van der Waals surface area contributed by atoms with Crippen molar-refractivity contribution >= 4 is 0 Å². The van der Waals surface area contributed by atoms with Gasteiger partial charge in [0.15, 0.2) is 0 Å². The maximum absolute atomic E-state index is 4.25. The Labute approximate surface area is 97.0 Å². The van der Waals surface area contributed by atoms with Gasteiger partial charge in [-0.1, -0.05) is 51.1 Å². The van der Waals surface area contributed by atoms with E-state index in [4.69, 9.17) is 0 Å². The molecule has 0 fully saturated rings. The van der Waals surface area contributed by atoms with Crippen molar-refractivity contribution in [2.45, 2.75) is 27.3 Å². The van der Waals surface area contributed by atoms with Crippen molar-refractivity contribution in [1.29, 1.82) is 0 Å². The Hall–Kier alpha value is -1.57. The van der Waals surface area contributed by atoms with Crippen LogP contribution in [0.3, 0.4) is 0 Å². The molecular formula is C14H18N2. The minimum absolute atomic E-state index is 0.268. The van der Waals surface area contributed by atoms with Crippen molar-refractivity contribution in [3.63, 3.8) is 0 Å². The Balaban J connectivity index is 2.33. The minimum atomic E-state index is 0.268. The van der Waals surface area contributed by atoms with Gasteiger partial charge in [-0.2, -0.15) is 0 Å². The summed E-state index contributed by atoms with van der Waals surface area (Å²) in [4.78, 5) is 4.25. The van der Waals surface area contributed by atoms with Crippen LogP contribution in [0.5, 0.6) is 0 Å². The molecule has 2 heteroatoms. The fourth-order valence-electron chi connectivity index (χ4n) is 1.81. The number of rotatable bonds is 2. The predicted molar refractivity (Wildman–Crippen MR) is 67.1 cm³/mol. The maximum Gasteiger partial charge on any atom is 0.0951 e. The summed E-state index contributed by atoms with van der Waals surface area (Å²) in [7, 11) is 0. The summed E-state index contributed by atoms with van der Waals surface area (Å²) in [5.74, 6) is 0. The normalized spacial score (nSPS) is 11.7. The SMILES string of the molecule is CC(C)(C)Cn1cncc1-c1ccccc1. The second-order valence-electron chi connectivity index (χ2n) is 5.33. The van der Waals surface area contributed by atoms with E-state index in [1.54, 1.807) is 0 Å². The summed E-state index contributed by atoms with van der Waals surface area (Å²) < 4.78 is 2.22. The van der Waals surface area contributed by atoms with Crippen molar-refractivity contribution in [2.75, 3.05) is 0 Å². The molecule has 1 aromatic heterocycles. The lowest BCUT2D eigenvalue weighted by atomic mass is 9.96. The van der Waals surface area contributed by atoms with Crippen LogP contribution >= 0.6 is 0 Å². The zero-order chi connectivity index (χ0) is 11.6. The highest BCUT2D eigenvalue weighted by atomic mass is 15.0. The molecule has 1 heterocycles. The van der Waals surface area contributed by atoms with E-state index in [-0.39, 0.29) is 5.41 Å². The Morgan fingerprint density at radius 2 is 1.81 bits per heavy atom. The third-order valence-electron chi connectivity index (χ3n) is 2.43. The van der Waals surface area contributed by atoms with E-state index in [2.05, 4.69) is 54.6 Å². The third kappa shape index (κ3) is 2.51. The lowest BCUT2D eigenvalue weighted by molar-refractivity contribution is 0.345. The predicted octanol–water partition coefficient (Wildman–Crippen LogP) is 3.60. The van der Waals surface area contributed by atoms with Gasteiger partial charge in [-0.05, 0) is 11.0 Å². The van der Waals surface area contributed by atoms with E-state index in [9.17, 15) is 0 Å². The number of imidazole rings is 1. The van der Waals surface area contributed by atoms with E-state index < -0.39 is 0 Å². The van der Waals surface area contributed by atoms with Gasteiger partial charge < -0.3 is 4.57 Å². The average molecular weight is 214 g/mol. The molecule has 84 valence electrons. The molecule has 0 aliphatic heterocycles. The van der Waals surface area contributed by atoms with E-state index in [0.29, 0.717) is 0 Å². The summed E-state index contributed by atoms with van der Waals surface area (Å²) in [6, 6.07) is 10.4. The topological polar surface area (TPSA) is 17.8 Å². The number of nitrogens with zero attached hydrogens (tertiary/aromatic N) is 2. The molecule has 2 aromatic rings. The van der Waals surface area contributed by atoms with Gasteiger partial charge in [0, 0.05) is 6.54 Å². The molecule has 0 saturated heterocycles. The van der Waals surface area contributed by atoms with Gasteiger partial charge in [0.05, 0.1) is 18.2 Å². The summed E-state index contributed by atoms with van der Waals surface area (Å²) in [6.45, 7) is 7.70. The van der Waals surface area contributed by atoms with Crippen molar-refractivity contribution in [3.05, 3.63) is 42.9 Å². The van der Waals surface area contributed by atoms with Crippen molar-refractivity contribution in [2.24, 2.45) is 5.41 Å². The summed E-state index contributed by atoms with van der Waals surface area (Å²) in [6.07, 6.45) is 3.84. The summed E-state index contributed by atoms with van der Waals surface area (Å²) in [5, 5.41) is 0. The Morgan fingerprint density at radius 3 is 2.44 bits per heavy atom. The minimum Gasteiger partial charge on any atom is -0.330 e. The van der Waals surface area contributed by atoms with Crippen LogP contribution in [-0.2, 0) is 6.54 Å². The molecular weight excluding hydrogens is 196 g/mol. The van der Waals surface area contributed by atoms with Gasteiger partial charge in [0.2, 0.25) is 0 Å². The summed E-state index contributed by atoms with van der Waals surface area (Å²) in [5.41, 5.74) is 2.68. The van der Waals surface area contributed by atoms with Crippen LogP contribution in [0.1, 0.15) is 20.8 Å². The highest BCUT2D eigenvalue weighted by Gasteiger charge is 2.13. The largest absolute Gasteiger partial charge is 0.330 e. The second-order valence-corrected chi connectivity index (χ2v) is 5.33. The molecule has 0 radical (unpaired) electrons. The molecule has 0 amide bonds. The second kappa shape index (κ2) is 4.12. The molecule has 0 aliphatic rings. The molecule has 0 saturated carbocycles. The highest BCUT2D eigenvalue weighted by molar-refractivity contribution is 5.58. The van der Waals surface area contributed by atoms with Crippen LogP contribution in [0.4, 0.5) is 0 Å². The first-order chi connectivity index (χ1) is 7.56. The molecule has 0 N–H and O–H groups in total. The molecule has 0 unspecified atom stereocenters.